The fourth-order valence-corrected chi connectivity index (χ4v) is 2.36. The summed E-state index contributed by atoms with van der Waals surface area (Å²) in [7, 11) is 0. The molecule has 2 atom stereocenters. The van der Waals surface area contributed by atoms with Crippen LogP contribution in [-0.4, -0.2) is 30.3 Å². The fourth-order valence-electron chi connectivity index (χ4n) is 2.36. The van der Waals surface area contributed by atoms with E-state index in [1.807, 2.05) is 0 Å². The first-order valence-corrected chi connectivity index (χ1v) is 5.31. The minimum absolute atomic E-state index is 0.0982. The van der Waals surface area contributed by atoms with E-state index >= 15 is 0 Å². The summed E-state index contributed by atoms with van der Waals surface area (Å²) in [5, 5.41) is 12.2. The summed E-state index contributed by atoms with van der Waals surface area (Å²) in [6.45, 7) is 3.82. The van der Waals surface area contributed by atoms with Crippen LogP contribution in [0.3, 0.4) is 0 Å². The van der Waals surface area contributed by atoms with E-state index in [0.717, 1.165) is 6.42 Å². The van der Waals surface area contributed by atoms with Gasteiger partial charge in [-0.2, -0.15) is 0 Å². The summed E-state index contributed by atoms with van der Waals surface area (Å²) in [5.74, 6) is 0.637. The average Bonchev–Trinajstić information content (AvgIpc) is 2.17. The van der Waals surface area contributed by atoms with Crippen molar-refractivity contribution in [2.75, 3.05) is 19.7 Å². The third-order valence-corrected chi connectivity index (χ3v) is 3.41. The lowest BCUT2D eigenvalue weighted by Gasteiger charge is -2.42. The summed E-state index contributed by atoms with van der Waals surface area (Å²) in [6, 6.07) is 0. The molecule has 0 aromatic rings. The minimum Gasteiger partial charge on any atom is -0.395 e. The van der Waals surface area contributed by atoms with Crippen LogP contribution in [0.5, 0.6) is 0 Å². The van der Waals surface area contributed by atoms with Crippen LogP contribution in [0.15, 0.2) is 0 Å². The van der Waals surface area contributed by atoms with Gasteiger partial charge in [0.15, 0.2) is 0 Å². The number of hydrogen-bond donors (Lipinski definition) is 3. The Bertz CT molecular complexity index is 152. The third kappa shape index (κ3) is 2.42. The van der Waals surface area contributed by atoms with Crippen molar-refractivity contribution in [3.05, 3.63) is 0 Å². The molecule has 3 nitrogen and oxygen atoms in total. The molecule has 13 heavy (non-hydrogen) atoms. The van der Waals surface area contributed by atoms with E-state index in [2.05, 4.69) is 12.2 Å². The smallest absolute Gasteiger partial charge is 0.0556 e. The van der Waals surface area contributed by atoms with E-state index in [9.17, 15) is 0 Å². The van der Waals surface area contributed by atoms with E-state index in [0.29, 0.717) is 19.0 Å². The Kier molecular flexibility index (Phi) is 4.16. The quantitative estimate of drug-likeness (QED) is 0.598. The van der Waals surface area contributed by atoms with Crippen LogP contribution in [-0.2, 0) is 0 Å². The lowest BCUT2D eigenvalue weighted by atomic mass is 9.73. The maximum atomic E-state index is 8.79. The van der Waals surface area contributed by atoms with Gasteiger partial charge < -0.3 is 16.2 Å². The molecule has 3 heteroatoms. The zero-order valence-corrected chi connectivity index (χ0v) is 8.55. The fraction of sp³-hybridized carbons (Fsp3) is 1.00. The molecule has 1 rings (SSSR count). The Labute approximate surface area is 80.7 Å². The maximum Gasteiger partial charge on any atom is 0.0556 e. The maximum absolute atomic E-state index is 8.79. The van der Waals surface area contributed by atoms with Crippen molar-refractivity contribution >= 4 is 0 Å². The van der Waals surface area contributed by atoms with Crippen LogP contribution in [0, 0.1) is 5.92 Å². The number of hydrogen-bond acceptors (Lipinski definition) is 3. The number of nitrogens with two attached hydrogens (primary N) is 1. The van der Waals surface area contributed by atoms with Gasteiger partial charge in [-0.3, -0.25) is 0 Å². The van der Waals surface area contributed by atoms with Crippen molar-refractivity contribution in [1.82, 2.24) is 5.32 Å². The largest absolute Gasteiger partial charge is 0.395 e. The van der Waals surface area contributed by atoms with E-state index < -0.39 is 0 Å². The molecule has 0 aliphatic heterocycles. The number of β-amino-alcohol motifs (C(OH)–C–C–N with tert-alkyl or cyclic N) is 1. The highest BCUT2D eigenvalue weighted by Crippen LogP contribution is 2.32. The van der Waals surface area contributed by atoms with Gasteiger partial charge in [-0.25, -0.2) is 0 Å². The molecule has 4 N–H and O–H groups in total. The molecule has 0 radical (unpaired) electrons. The van der Waals surface area contributed by atoms with E-state index in [1.54, 1.807) is 0 Å². The van der Waals surface area contributed by atoms with Crippen molar-refractivity contribution in [2.24, 2.45) is 11.7 Å². The summed E-state index contributed by atoms with van der Waals surface area (Å²) < 4.78 is 0. The van der Waals surface area contributed by atoms with Crippen molar-refractivity contribution in [3.8, 4) is 0 Å². The Morgan fingerprint density at radius 3 is 2.85 bits per heavy atom. The average molecular weight is 186 g/mol. The summed E-state index contributed by atoms with van der Waals surface area (Å²) >= 11 is 0. The summed E-state index contributed by atoms with van der Waals surface area (Å²) in [5.41, 5.74) is 5.92. The highest BCUT2D eigenvalue weighted by Gasteiger charge is 2.35. The molecule has 0 aromatic carbocycles. The second kappa shape index (κ2) is 4.94. The Morgan fingerprint density at radius 2 is 2.31 bits per heavy atom. The normalized spacial score (nSPS) is 34.8. The monoisotopic (exact) mass is 186 g/mol. The van der Waals surface area contributed by atoms with Crippen molar-refractivity contribution in [1.29, 1.82) is 0 Å². The van der Waals surface area contributed by atoms with Crippen LogP contribution in [0.2, 0.25) is 0 Å². The number of aliphatic hydroxyl groups is 1. The lowest BCUT2D eigenvalue weighted by Crippen LogP contribution is -2.57. The van der Waals surface area contributed by atoms with Crippen molar-refractivity contribution in [3.63, 3.8) is 0 Å². The van der Waals surface area contributed by atoms with Crippen molar-refractivity contribution < 1.29 is 5.11 Å². The van der Waals surface area contributed by atoms with Gasteiger partial charge in [0.2, 0.25) is 0 Å². The molecule has 1 saturated carbocycles. The number of rotatable bonds is 4. The predicted octanol–water partition coefficient (Wildman–Crippen LogP) is 0.476. The van der Waals surface area contributed by atoms with Crippen LogP contribution in [0.4, 0.5) is 0 Å². The van der Waals surface area contributed by atoms with Crippen LogP contribution < -0.4 is 11.1 Å². The highest BCUT2D eigenvalue weighted by molar-refractivity contribution is 4.96. The zero-order valence-electron chi connectivity index (χ0n) is 8.55. The van der Waals surface area contributed by atoms with Gasteiger partial charge in [0.1, 0.15) is 0 Å². The highest BCUT2D eigenvalue weighted by atomic mass is 16.3. The Balaban J connectivity index is 2.53. The molecule has 0 saturated heterocycles. The lowest BCUT2D eigenvalue weighted by molar-refractivity contribution is 0.149. The minimum atomic E-state index is 0.0982. The second-order valence-corrected chi connectivity index (χ2v) is 4.16. The van der Waals surface area contributed by atoms with E-state index in [-0.39, 0.29) is 12.1 Å². The molecule has 2 unspecified atom stereocenters. The van der Waals surface area contributed by atoms with E-state index in [1.165, 1.54) is 19.3 Å². The summed E-state index contributed by atoms with van der Waals surface area (Å²) in [4.78, 5) is 0. The van der Waals surface area contributed by atoms with Gasteiger partial charge in [0.05, 0.1) is 6.61 Å². The van der Waals surface area contributed by atoms with Crippen LogP contribution in [0.25, 0.3) is 0 Å². The molecule has 1 aliphatic carbocycles. The molecule has 0 aromatic heterocycles. The molecular formula is C10H22N2O. The van der Waals surface area contributed by atoms with Gasteiger partial charge in [-0.05, 0) is 18.8 Å². The Hall–Kier alpha value is -0.120. The molecule has 0 bridgehead atoms. The first-order valence-electron chi connectivity index (χ1n) is 5.31. The Morgan fingerprint density at radius 1 is 1.54 bits per heavy atom. The first kappa shape index (κ1) is 11.0. The number of nitrogens with one attached hydrogen (secondary N) is 1. The predicted molar refractivity (Wildman–Crippen MR) is 54.5 cm³/mol. The third-order valence-electron chi connectivity index (χ3n) is 3.41. The van der Waals surface area contributed by atoms with E-state index in [4.69, 9.17) is 10.8 Å². The van der Waals surface area contributed by atoms with Crippen LogP contribution >= 0.6 is 0 Å². The number of aliphatic hydroxyl groups excluding tert-OH is 1. The molecule has 78 valence electrons. The molecular weight excluding hydrogens is 164 g/mol. The topological polar surface area (TPSA) is 58.3 Å². The van der Waals surface area contributed by atoms with Crippen molar-refractivity contribution in [2.45, 2.75) is 38.1 Å². The molecule has 0 spiro atoms. The van der Waals surface area contributed by atoms with Gasteiger partial charge in [-0.15, -0.1) is 0 Å². The molecule has 0 amide bonds. The standard InChI is InChI=1S/C10H22N2O/c1-9-4-2-3-5-10(9,8-11)12-6-7-13/h9,12-13H,2-8,11H2,1H3. The first-order chi connectivity index (χ1) is 6.25. The molecule has 1 fully saturated rings. The van der Waals surface area contributed by atoms with Gasteiger partial charge in [0.25, 0.3) is 0 Å². The van der Waals surface area contributed by atoms with Gasteiger partial charge in [-0.1, -0.05) is 19.8 Å². The SMILES string of the molecule is CC1CCCCC1(CN)NCCO. The zero-order chi connectivity index (χ0) is 9.73. The molecule has 0 heterocycles. The van der Waals surface area contributed by atoms with Gasteiger partial charge in [0, 0.05) is 18.6 Å². The summed E-state index contributed by atoms with van der Waals surface area (Å²) in [6.07, 6.45) is 5.00. The molecule has 1 aliphatic rings. The second-order valence-electron chi connectivity index (χ2n) is 4.16. The van der Waals surface area contributed by atoms with Crippen LogP contribution in [0.1, 0.15) is 32.6 Å². The van der Waals surface area contributed by atoms with Gasteiger partial charge >= 0.3 is 0 Å².